The molecule has 128 valence electrons. The Kier molecular flexibility index (Phi) is 4.46. The topological polar surface area (TPSA) is 89.7 Å². The molecule has 1 fully saturated rings. The van der Waals surface area contributed by atoms with Crippen LogP contribution in [0.4, 0.5) is 0 Å². The molecule has 1 aliphatic heterocycles. The van der Waals surface area contributed by atoms with E-state index in [2.05, 4.69) is 22.0 Å². The summed E-state index contributed by atoms with van der Waals surface area (Å²) < 4.78 is 6.57. The summed E-state index contributed by atoms with van der Waals surface area (Å²) in [4.78, 5) is 34.3. The van der Waals surface area contributed by atoms with E-state index in [0.717, 1.165) is 30.8 Å². The monoisotopic (exact) mass is 331 g/mol. The summed E-state index contributed by atoms with van der Waals surface area (Å²) in [7, 11) is 0. The van der Waals surface area contributed by atoms with E-state index >= 15 is 0 Å². The SMILES string of the molecule is Cc1cc(C)n2nc(C(=O)OCC(=O)N3CCC[C@@H](C)C3)nc2n1. The summed E-state index contributed by atoms with van der Waals surface area (Å²) in [6.45, 7) is 6.96. The summed E-state index contributed by atoms with van der Waals surface area (Å²) in [6, 6.07) is 1.85. The molecule has 0 saturated carbocycles. The molecule has 1 aliphatic rings. The second kappa shape index (κ2) is 6.54. The first-order chi connectivity index (χ1) is 11.4. The molecule has 3 heterocycles. The van der Waals surface area contributed by atoms with Crippen LogP contribution in [-0.4, -0.2) is 56.1 Å². The highest BCUT2D eigenvalue weighted by atomic mass is 16.5. The van der Waals surface area contributed by atoms with Crippen LogP contribution in [0, 0.1) is 19.8 Å². The number of ether oxygens (including phenoxy) is 1. The van der Waals surface area contributed by atoms with Gasteiger partial charge in [-0.15, -0.1) is 5.10 Å². The molecule has 3 rings (SSSR count). The van der Waals surface area contributed by atoms with Gasteiger partial charge in [0.05, 0.1) is 0 Å². The third-order valence-electron chi connectivity index (χ3n) is 4.14. The maximum Gasteiger partial charge on any atom is 0.378 e. The zero-order chi connectivity index (χ0) is 17.3. The zero-order valence-electron chi connectivity index (χ0n) is 14.2. The van der Waals surface area contributed by atoms with Crippen LogP contribution >= 0.6 is 0 Å². The van der Waals surface area contributed by atoms with Gasteiger partial charge in [0, 0.05) is 24.5 Å². The van der Waals surface area contributed by atoms with Gasteiger partial charge >= 0.3 is 5.97 Å². The van der Waals surface area contributed by atoms with Crippen molar-refractivity contribution in [1.82, 2.24) is 24.5 Å². The zero-order valence-corrected chi connectivity index (χ0v) is 14.2. The Labute approximate surface area is 139 Å². The van der Waals surface area contributed by atoms with Gasteiger partial charge in [0.2, 0.25) is 0 Å². The van der Waals surface area contributed by atoms with Crippen LogP contribution in [0.1, 0.15) is 41.8 Å². The van der Waals surface area contributed by atoms with Gasteiger partial charge in [0.25, 0.3) is 17.5 Å². The lowest BCUT2D eigenvalue weighted by Gasteiger charge is -2.30. The molecule has 2 aromatic heterocycles. The highest BCUT2D eigenvalue weighted by Gasteiger charge is 2.23. The van der Waals surface area contributed by atoms with E-state index in [1.807, 2.05) is 19.9 Å². The van der Waals surface area contributed by atoms with Gasteiger partial charge in [-0.1, -0.05) is 6.92 Å². The van der Waals surface area contributed by atoms with Crippen molar-refractivity contribution in [1.29, 1.82) is 0 Å². The van der Waals surface area contributed by atoms with Gasteiger partial charge in [-0.3, -0.25) is 4.79 Å². The van der Waals surface area contributed by atoms with Crippen molar-refractivity contribution in [2.75, 3.05) is 19.7 Å². The molecule has 24 heavy (non-hydrogen) atoms. The van der Waals surface area contributed by atoms with Crippen molar-refractivity contribution in [2.24, 2.45) is 5.92 Å². The number of carbonyl (C=O) groups excluding carboxylic acids is 2. The Balaban J connectivity index is 1.65. The van der Waals surface area contributed by atoms with E-state index in [0.29, 0.717) is 18.2 Å². The number of hydrogen-bond donors (Lipinski definition) is 0. The van der Waals surface area contributed by atoms with Gasteiger partial charge in [-0.2, -0.15) is 4.98 Å². The molecular formula is C16H21N5O3. The van der Waals surface area contributed by atoms with Gasteiger partial charge < -0.3 is 9.64 Å². The third-order valence-corrected chi connectivity index (χ3v) is 4.14. The molecule has 1 atom stereocenters. The molecule has 0 unspecified atom stereocenters. The number of aryl methyl sites for hydroxylation is 2. The Morgan fingerprint density at radius 3 is 2.88 bits per heavy atom. The number of nitrogens with zero attached hydrogens (tertiary/aromatic N) is 5. The fourth-order valence-electron chi connectivity index (χ4n) is 2.95. The lowest BCUT2D eigenvalue weighted by Crippen LogP contribution is -2.41. The molecular weight excluding hydrogens is 310 g/mol. The summed E-state index contributed by atoms with van der Waals surface area (Å²) in [5.74, 6) is -0.151. The molecule has 0 radical (unpaired) electrons. The van der Waals surface area contributed by atoms with E-state index in [4.69, 9.17) is 4.74 Å². The van der Waals surface area contributed by atoms with Crippen LogP contribution in [-0.2, 0) is 9.53 Å². The van der Waals surface area contributed by atoms with E-state index < -0.39 is 5.97 Å². The number of amides is 1. The number of rotatable bonds is 3. The van der Waals surface area contributed by atoms with Gasteiger partial charge in [-0.05, 0) is 38.7 Å². The van der Waals surface area contributed by atoms with Crippen LogP contribution in [0.3, 0.4) is 0 Å². The Morgan fingerprint density at radius 1 is 1.33 bits per heavy atom. The fraction of sp³-hybridized carbons (Fsp3) is 0.562. The van der Waals surface area contributed by atoms with Crippen molar-refractivity contribution in [3.63, 3.8) is 0 Å². The molecule has 0 aliphatic carbocycles. The number of esters is 1. The number of aromatic nitrogens is 4. The molecule has 8 heteroatoms. The number of fused-ring (bicyclic) bond motifs is 1. The summed E-state index contributed by atoms with van der Waals surface area (Å²) in [5.41, 5.74) is 1.61. The number of carbonyl (C=O) groups is 2. The van der Waals surface area contributed by atoms with Crippen molar-refractivity contribution in [2.45, 2.75) is 33.6 Å². The Hall–Kier alpha value is -2.51. The predicted molar refractivity (Wildman–Crippen MR) is 85.5 cm³/mol. The van der Waals surface area contributed by atoms with Crippen molar-refractivity contribution in [3.8, 4) is 0 Å². The second-order valence-corrected chi connectivity index (χ2v) is 6.35. The first kappa shape index (κ1) is 16.4. The van der Waals surface area contributed by atoms with Crippen LogP contribution in [0.25, 0.3) is 5.78 Å². The number of likely N-dealkylation sites (tertiary alicyclic amines) is 1. The standard InChI is InChI=1S/C16H21N5O3/c1-10-5-4-6-20(8-10)13(22)9-24-15(23)14-18-16-17-11(2)7-12(3)21(16)19-14/h7,10H,4-6,8-9H2,1-3H3/t10-/m1/s1. The van der Waals surface area contributed by atoms with Gasteiger partial charge in [0.15, 0.2) is 6.61 Å². The predicted octanol–water partition coefficient (Wildman–Crippen LogP) is 1.16. The Bertz CT molecular complexity index is 785. The van der Waals surface area contributed by atoms with E-state index in [1.54, 1.807) is 4.90 Å². The van der Waals surface area contributed by atoms with Gasteiger partial charge in [-0.25, -0.2) is 14.3 Å². The average molecular weight is 331 g/mol. The lowest BCUT2D eigenvalue weighted by molar-refractivity contribution is -0.136. The highest BCUT2D eigenvalue weighted by molar-refractivity contribution is 5.88. The summed E-state index contributed by atoms with van der Waals surface area (Å²) >= 11 is 0. The summed E-state index contributed by atoms with van der Waals surface area (Å²) in [6.07, 6.45) is 2.11. The van der Waals surface area contributed by atoms with Crippen LogP contribution in [0.15, 0.2) is 6.07 Å². The summed E-state index contributed by atoms with van der Waals surface area (Å²) in [5, 5.41) is 4.10. The average Bonchev–Trinajstić information content (AvgIpc) is 2.96. The maximum atomic E-state index is 12.1. The molecule has 0 N–H and O–H groups in total. The normalized spacial score (nSPS) is 18.0. The minimum atomic E-state index is -0.712. The lowest BCUT2D eigenvalue weighted by atomic mass is 10.0. The molecule has 2 aromatic rings. The molecule has 0 aromatic carbocycles. The third kappa shape index (κ3) is 3.37. The molecule has 0 bridgehead atoms. The van der Waals surface area contributed by atoms with E-state index in [9.17, 15) is 9.59 Å². The first-order valence-electron chi connectivity index (χ1n) is 8.10. The molecule has 0 spiro atoms. The molecule has 1 saturated heterocycles. The second-order valence-electron chi connectivity index (χ2n) is 6.35. The van der Waals surface area contributed by atoms with Crippen molar-refractivity contribution >= 4 is 17.7 Å². The fourth-order valence-corrected chi connectivity index (χ4v) is 2.95. The highest BCUT2D eigenvalue weighted by Crippen LogP contribution is 2.15. The van der Waals surface area contributed by atoms with E-state index in [1.165, 1.54) is 4.52 Å². The first-order valence-corrected chi connectivity index (χ1v) is 8.10. The molecule has 8 nitrogen and oxygen atoms in total. The largest absolute Gasteiger partial charge is 0.450 e. The van der Waals surface area contributed by atoms with Crippen molar-refractivity contribution < 1.29 is 14.3 Å². The molecule has 1 amide bonds. The van der Waals surface area contributed by atoms with Crippen molar-refractivity contribution in [3.05, 3.63) is 23.3 Å². The number of hydrogen-bond acceptors (Lipinski definition) is 6. The van der Waals surface area contributed by atoms with Crippen LogP contribution in [0.2, 0.25) is 0 Å². The maximum absolute atomic E-state index is 12.1. The smallest absolute Gasteiger partial charge is 0.378 e. The van der Waals surface area contributed by atoms with Crippen LogP contribution in [0.5, 0.6) is 0 Å². The van der Waals surface area contributed by atoms with Gasteiger partial charge in [0.1, 0.15) is 0 Å². The quantitative estimate of drug-likeness (QED) is 0.784. The van der Waals surface area contributed by atoms with Crippen LogP contribution < -0.4 is 0 Å². The number of piperidine rings is 1. The Morgan fingerprint density at radius 2 is 2.12 bits per heavy atom. The minimum Gasteiger partial charge on any atom is -0.450 e. The van der Waals surface area contributed by atoms with E-state index in [-0.39, 0.29) is 18.3 Å². The minimum absolute atomic E-state index is 0.0870.